The second-order valence-corrected chi connectivity index (χ2v) is 3.53. The second-order valence-electron chi connectivity index (χ2n) is 3.53. The summed E-state index contributed by atoms with van der Waals surface area (Å²) in [6, 6.07) is 0. The van der Waals surface area contributed by atoms with Crippen molar-refractivity contribution in [3.63, 3.8) is 0 Å². The highest BCUT2D eigenvalue weighted by Gasteiger charge is 1.95. The Kier molecular flexibility index (Phi) is 4.57. The van der Waals surface area contributed by atoms with E-state index in [9.17, 15) is 0 Å². The lowest BCUT2D eigenvalue weighted by atomic mass is 10.0. The summed E-state index contributed by atoms with van der Waals surface area (Å²) in [5.41, 5.74) is 3.26. The number of hydrogen-bond donors (Lipinski definition) is 0. The maximum atomic E-state index is 4.25. The van der Waals surface area contributed by atoms with Gasteiger partial charge in [-0.25, -0.2) is 0 Å². The van der Waals surface area contributed by atoms with Gasteiger partial charge in [0.25, 0.3) is 0 Å². The van der Waals surface area contributed by atoms with Crippen LogP contribution in [0.3, 0.4) is 0 Å². The lowest BCUT2D eigenvalue weighted by Crippen LogP contribution is -1.93. The highest BCUT2D eigenvalue weighted by molar-refractivity contribution is 5.94. The molecule has 0 unspecified atom stereocenters. The molecular weight excluding hydrogens is 146 g/mol. The van der Waals surface area contributed by atoms with Crippen LogP contribution in [-0.2, 0) is 0 Å². The quantitative estimate of drug-likeness (QED) is 0.567. The Bertz CT molecular complexity index is 219. The smallest absolute Gasteiger partial charge is 0.0375 e. The third-order valence-corrected chi connectivity index (χ3v) is 1.71. The van der Waals surface area contributed by atoms with Crippen LogP contribution in [0.1, 0.15) is 34.6 Å². The minimum Gasteiger partial charge on any atom is -0.259 e. The van der Waals surface area contributed by atoms with E-state index in [0.29, 0.717) is 5.92 Å². The summed E-state index contributed by atoms with van der Waals surface area (Å²) in [5, 5.41) is 0. The van der Waals surface area contributed by atoms with Crippen molar-refractivity contribution in [1.29, 1.82) is 0 Å². The Hall–Kier alpha value is -0.850. The van der Waals surface area contributed by atoms with Crippen molar-refractivity contribution in [1.82, 2.24) is 0 Å². The molecule has 0 aliphatic heterocycles. The van der Waals surface area contributed by atoms with Crippen LogP contribution in [0.15, 0.2) is 28.9 Å². The summed E-state index contributed by atoms with van der Waals surface area (Å²) in [6.07, 6.45) is 2.11. The Morgan fingerprint density at radius 1 is 1.25 bits per heavy atom. The van der Waals surface area contributed by atoms with Gasteiger partial charge in [-0.3, -0.25) is 4.99 Å². The molecule has 0 fully saturated rings. The van der Waals surface area contributed by atoms with Crippen molar-refractivity contribution in [2.75, 3.05) is 0 Å². The van der Waals surface area contributed by atoms with Crippen LogP contribution in [0.5, 0.6) is 0 Å². The van der Waals surface area contributed by atoms with Gasteiger partial charge in [-0.2, -0.15) is 0 Å². The second kappa shape index (κ2) is 4.91. The van der Waals surface area contributed by atoms with Crippen molar-refractivity contribution < 1.29 is 0 Å². The van der Waals surface area contributed by atoms with Crippen molar-refractivity contribution >= 4 is 5.71 Å². The van der Waals surface area contributed by atoms with Crippen molar-refractivity contribution in [3.05, 3.63) is 23.9 Å². The van der Waals surface area contributed by atoms with Crippen LogP contribution < -0.4 is 0 Å². The van der Waals surface area contributed by atoms with Gasteiger partial charge in [0.1, 0.15) is 0 Å². The maximum absolute atomic E-state index is 4.25. The molecule has 0 aromatic carbocycles. The third kappa shape index (κ3) is 4.89. The lowest BCUT2D eigenvalue weighted by Gasteiger charge is -2.04. The van der Waals surface area contributed by atoms with E-state index in [-0.39, 0.29) is 0 Å². The SMILES string of the molecule is C=C(C)/N=C(C)\C=C(/C)C(C)C. The molecule has 0 aliphatic carbocycles. The van der Waals surface area contributed by atoms with Gasteiger partial charge in [-0.15, -0.1) is 0 Å². The zero-order valence-electron chi connectivity index (χ0n) is 8.81. The molecule has 0 N–H and O–H groups in total. The molecule has 0 saturated carbocycles. The van der Waals surface area contributed by atoms with Crippen LogP contribution in [0.2, 0.25) is 0 Å². The van der Waals surface area contributed by atoms with Crippen molar-refractivity contribution in [2.24, 2.45) is 10.9 Å². The predicted molar refractivity (Wildman–Crippen MR) is 56.5 cm³/mol. The fourth-order valence-corrected chi connectivity index (χ4v) is 0.829. The van der Waals surface area contributed by atoms with Gasteiger partial charge in [-0.05, 0) is 32.8 Å². The first-order valence-electron chi connectivity index (χ1n) is 4.32. The zero-order valence-corrected chi connectivity index (χ0v) is 8.81. The summed E-state index contributed by atoms with van der Waals surface area (Å²) in [7, 11) is 0. The average Bonchev–Trinajstić information content (AvgIpc) is 1.84. The van der Waals surface area contributed by atoms with E-state index < -0.39 is 0 Å². The molecule has 0 atom stereocenters. The van der Waals surface area contributed by atoms with Crippen LogP contribution in [0.4, 0.5) is 0 Å². The first-order valence-corrected chi connectivity index (χ1v) is 4.32. The summed E-state index contributed by atoms with van der Waals surface area (Å²) in [5.74, 6) is 0.597. The highest BCUT2D eigenvalue weighted by atomic mass is 14.7. The van der Waals surface area contributed by atoms with E-state index in [0.717, 1.165) is 11.4 Å². The van der Waals surface area contributed by atoms with Crippen molar-refractivity contribution in [2.45, 2.75) is 34.6 Å². The summed E-state index contributed by atoms with van der Waals surface area (Å²) < 4.78 is 0. The van der Waals surface area contributed by atoms with E-state index in [2.05, 4.69) is 38.4 Å². The van der Waals surface area contributed by atoms with E-state index >= 15 is 0 Å². The number of hydrogen-bond acceptors (Lipinski definition) is 1. The molecule has 1 nitrogen and oxygen atoms in total. The molecule has 0 heterocycles. The van der Waals surface area contributed by atoms with E-state index in [1.165, 1.54) is 5.57 Å². The average molecular weight is 165 g/mol. The van der Waals surface area contributed by atoms with Crippen LogP contribution in [0.25, 0.3) is 0 Å². The Morgan fingerprint density at radius 3 is 2.08 bits per heavy atom. The molecule has 0 spiro atoms. The van der Waals surface area contributed by atoms with Gasteiger partial charge in [0.2, 0.25) is 0 Å². The van der Waals surface area contributed by atoms with E-state index in [4.69, 9.17) is 0 Å². The molecule has 0 bridgehead atoms. The highest BCUT2D eigenvalue weighted by Crippen LogP contribution is 2.08. The number of nitrogens with zero attached hydrogens (tertiary/aromatic N) is 1. The van der Waals surface area contributed by atoms with Gasteiger partial charge < -0.3 is 0 Å². The molecule has 0 radical (unpaired) electrons. The van der Waals surface area contributed by atoms with Gasteiger partial charge >= 0.3 is 0 Å². The number of aliphatic imine (C=N–C) groups is 1. The Labute approximate surface area is 75.9 Å². The topological polar surface area (TPSA) is 12.4 Å². The normalized spacial score (nSPS) is 13.8. The Balaban J connectivity index is 4.43. The largest absolute Gasteiger partial charge is 0.259 e. The standard InChI is InChI=1S/C11H19N/c1-8(2)10(5)7-11(6)12-9(3)4/h7-8H,3H2,1-2,4-6H3/b10-7+,12-11-. The predicted octanol–water partition coefficient (Wildman–Crippen LogP) is 3.58. The monoisotopic (exact) mass is 165 g/mol. The minimum atomic E-state index is 0.597. The van der Waals surface area contributed by atoms with Crippen LogP contribution >= 0.6 is 0 Å². The van der Waals surface area contributed by atoms with Gasteiger partial charge in [0.05, 0.1) is 0 Å². The van der Waals surface area contributed by atoms with E-state index in [1.807, 2.05) is 13.8 Å². The molecule has 0 aromatic rings. The van der Waals surface area contributed by atoms with E-state index in [1.54, 1.807) is 0 Å². The van der Waals surface area contributed by atoms with Crippen molar-refractivity contribution in [3.8, 4) is 0 Å². The molecule has 1 heteroatoms. The summed E-state index contributed by atoms with van der Waals surface area (Å²) in [6.45, 7) is 14.1. The zero-order chi connectivity index (χ0) is 9.72. The van der Waals surface area contributed by atoms with Crippen LogP contribution in [-0.4, -0.2) is 5.71 Å². The fraction of sp³-hybridized carbons (Fsp3) is 0.545. The first-order chi connectivity index (χ1) is 5.43. The molecule has 0 saturated heterocycles. The number of rotatable bonds is 3. The molecule has 0 aromatic heterocycles. The van der Waals surface area contributed by atoms with Crippen LogP contribution in [0, 0.1) is 5.92 Å². The fourth-order valence-electron chi connectivity index (χ4n) is 0.829. The molecule has 0 aliphatic rings. The minimum absolute atomic E-state index is 0.597. The number of allylic oxidation sites excluding steroid dienone is 3. The molecule has 0 rings (SSSR count). The Morgan fingerprint density at radius 2 is 1.75 bits per heavy atom. The molecular formula is C11H19N. The third-order valence-electron chi connectivity index (χ3n) is 1.71. The van der Waals surface area contributed by atoms with Gasteiger partial charge in [0.15, 0.2) is 0 Å². The van der Waals surface area contributed by atoms with Gasteiger partial charge in [0, 0.05) is 11.4 Å². The summed E-state index contributed by atoms with van der Waals surface area (Å²) >= 11 is 0. The summed E-state index contributed by atoms with van der Waals surface area (Å²) in [4.78, 5) is 4.25. The lowest BCUT2D eigenvalue weighted by molar-refractivity contribution is 0.770. The first kappa shape index (κ1) is 11.2. The molecule has 0 amide bonds. The molecule has 68 valence electrons. The van der Waals surface area contributed by atoms with Gasteiger partial charge in [-0.1, -0.05) is 26.0 Å². The maximum Gasteiger partial charge on any atom is 0.0375 e. The molecule has 12 heavy (non-hydrogen) atoms.